The number of benzene rings is 2. The molecule has 1 fully saturated rings. The van der Waals surface area contributed by atoms with E-state index in [2.05, 4.69) is 0 Å². The Balaban J connectivity index is 1.95. The highest BCUT2D eigenvalue weighted by molar-refractivity contribution is 7.91. The van der Waals surface area contributed by atoms with Gasteiger partial charge in [-0.2, -0.15) is 0 Å². The topological polar surface area (TPSA) is 72.9 Å². The maximum atomic E-state index is 13.4. The minimum absolute atomic E-state index is 0.0144. The molecular formula is C21H25NO5S. The number of rotatable bonds is 7. The molecule has 0 spiro atoms. The lowest BCUT2D eigenvalue weighted by Crippen LogP contribution is -2.40. The zero-order valence-corrected chi connectivity index (χ0v) is 16.9. The van der Waals surface area contributed by atoms with Crippen LogP contribution in [-0.2, 0) is 16.4 Å². The summed E-state index contributed by atoms with van der Waals surface area (Å²) >= 11 is 0. The minimum Gasteiger partial charge on any atom is -0.497 e. The van der Waals surface area contributed by atoms with Gasteiger partial charge in [-0.25, -0.2) is 8.42 Å². The Bertz CT molecular complexity index is 941. The van der Waals surface area contributed by atoms with E-state index in [-0.39, 0.29) is 23.5 Å². The molecule has 0 aromatic heterocycles. The van der Waals surface area contributed by atoms with Gasteiger partial charge < -0.3 is 14.4 Å². The molecule has 3 rings (SSSR count). The zero-order chi connectivity index (χ0) is 20.1. The van der Waals surface area contributed by atoms with Crippen LogP contribution in [0.15, 0.2) is 48.5 Å². The Morgan fingerprint density at radius 3 is 2.64 bits per heavy atom. The van der Waals surface area contributed by atoms with Gasteiger partial charge in [-0.05, 0) is 43.2 Å². The van der Waals surface area contributed by atoms with E-state index in [1.54, 1.807) is 30.2 Å². The molecule has 1 atom stereocenters. The number of amides is 1. The lowest BCUT2D eigenvalue weighted by Gasteiger charge is -2.29. The molecule has 150 valence electrons. The van der Waals surface area contributed by atoms with Gasteiger partial charge in [0.1, 0.15) is 11.5 Å². The maximum Gasteiger partial charge on any atom is 0.258 e. The van der Waals surface area contributed by atoms with Crippen molar-refractivity contribution in [3.8, 4) is 11.5 Å². The van der Waals surface area contributed by atoms with Gasteiger partial charge in [0.05, 0.1) is 30.8 Å². The van der Waals surface area contributed by atoms with Crippen molar-refractivity contribution in [2.75, 3.05) is 25.2 Å². The average Bonchev–Trinajstić information content (AvgIpc) is 3.06. The molecule has 7 heteroatoms. The van der Waals surface area contributed by atoms with Crippen LogP contribution in [0.2, 0.25) is 0 Å². The van der Waals surface area contributed by atoms with Crippen LogP contribution in [0.4, 0.5) is 0 Å². The van der Waals surface area contributed by atoms with Crippen LogP contribution in [0, 0.1) is 0 Å². The van der Waals surface area contributed by atoms with E-state index < -0.39 is 9.84 Å². The highest BCUT2D eigenvalue weighted by atomic mass is 32.2. The number of carbonyl (C=O) groups is 1. The van der Waals surface area contributed by atoms with Crippen molar-refractivity contribution < 1.29 is 22.7 Å². The summed E-state index contributed by atoms with van der Waals surface area (Å²) in [5, 5.41) is 0. The normalized spacial score (nSPS) is 17.9. The molecule has 1 heterocycles. The summed E-state index contributed by atoms with van der Waals surface area (Å²) in [6, 6.07) is 14.2. The highest BCUT2D eigenvalue weighted by Crippen LogP contribution is 2.27. The maximum absolute atomic E-state index is 13.4. The fourth-order valence-corrected chi connectivity index (χ4v) is 5.17. The van der Waals surface area contributed by atoms with Crippen molar-refractivity contribution in [2.45, 2.75) is 25.9 Å². The first-order valence-corrected chi connectivity index (χ1v) is 11.1. The van der Waals surface area contributed by atoms with E-state index >= 15 is 0 Å². The van der Waals surface area contributed by atoms with E-state index in [0.717, 1.165) is 5.56 Å². The molecule has 28 heavy (non-hydrogen) atoms. The molecule has 2 aromatic carbocycles. The summed E-state index contributed by atoms with van der Waals surface area (Å²) in [6.07, 6.45) is 0.439. The molecule has 1 saturated heterocycles. The molecule has 0 saturated carbocycles. The van der Waals surface area contributed by atoms with Gasteiger partial charge in [-0.15, -0.1) is 0 Å². The van der Waals surface area contributed by atoms with Gasteiger partial charge in [0, 0.05) is 12.6 Å². The second kappa shape index (κ2) is 8.65. The highest BCUT2D eigenvalue weighted by Gasteiger charge is 2.35. The zero-order valence-electron chi connectivity index (χ0n) is 16.1. The summed E-state index contributed by atoms with van der Waals surface area (Å²) in [5.74, 6) is 1.06. The van der Waals surface area contributed by atoms with E-state index in [0.29, 0.717) is 36.6 Å². The number of nitrogens with zero attached hydrogens (tertiary/aromatic N) is 1. The summed E-state index contributed by atoms with van der Waals surface area (Å²) < 4.78 is 35.0. The van der Waals surface area contributed by atoms with E-state index in [1.165, 1.54) is 0 Å². The molecule has 6 nitrogen and oxygen atoms in total. The Kier molecular flexibility index (Phi) is 6.24. The van der Waals surface area contributed by atoms with Gasteiger partial charge in [-0.1, -0.05) is 24.3 Å². The predicted octanol–water partition coefficient (Wildman–Crippen LogP) is 2.92. The van der Waals surface area contributed by atoms with Crippen LogP contribution in [0.3, 0.4) is 0 Å². The number of hydrogen-bond donors (Lipinski definition) is 0. The smallest absolute Gasteiger partial charge is 0.258 e. The number of carbonyl (C=O) groups excluding carboxylic acids is 1. The van der Waals surface area contributed by atoms with Crippen LogP contribution >= 0.6 is 0 Å². The van der Waals surface area contributed by atoms with E-state index in [1.807, 2.05) is 37.3 Å². The number of ether oxygens (including phenoxy) is 2. The van der Waals surface area contributed by atoms with Crippen molar-refractivity contribution >= 4 is 15.7 Å². The lowest BCUT2D eigenvalue weighted by molar-refractivity contribution is 0.0676. The molecule has 2 aromatic rings. The van der Waals surface area contributed by atoms with E-state index in [4.69, 9.17) is 9.47 Å². The monoisotopic (exact) mass is 403 g/mol. The third-order valence-corrected chi connectivity index (χ3v) is 6.56. The van der Waals surface area contributed by atoms with Crippen molar-refractivity contribution in [2.24, 2.45) is 0 Å². The lowest BCUT2D eigenvalue weighted by atomic mass is 10.1. The molecule has 0 N–H and O–H groups in total. The second-order valence-corrected chi connectivity index (χ2v) is 9.00. The Labute approximate surface area is 166 Å². The van der Waals surface area contributed by atoms with Crippen LogP contribution in [0.25, 0.3) is 0 Å². The Morgan fingerprint density at radius 1 is 1.18 bits per heavy atom. The van der Waals surface area contributed by atoms with Gasteiger partial charge in [0.2, 0.25) is 0 Å². The summed E-state index contributed by atoms with van der Waals surface area (Å²) in [4.78, 5) is 15.1. The Hall–Kier alpha value is -2.54. The molecular weight excluding hydrogens is 378 g/mol. The summed E-state index contributed by atoms with van der Waals surface area (Å²) in [5.41, 5.74) is 1.32. The Morgan fingerprint density at radius 2 is 1.96 bits per heavy atom. The first-order valence-electron chi connectivity index (χ1n) is 9.29. The first kappa shape index (κ1) is 20.2. The van der Waals surface area contributed by atoms with E-state index in [9.17, 15) is 13.2 Å². The molecule has 1 amide bonds. The van der Waals surface area contributed by atoms with Crippen molar-refractivity contribution in [1.82, 2.24) is 4.90 Å². The van der Waals surface area contributed by atoms with Gasteiger partial charge in [0.15, 0.2) is 9.84 Å². The number of methoxy groups -OCH3 is 1. The average molecular weight is 404 g/mol. The number of sulfone groups is 1. The van der Waals surface area contributed by atoms with Gasteiger partial charge in [-0.3, -0.25) is 4.79 Å². The van der Waals surface area contributed by atoms with Crippen molar-refractivity contribution in [3.63, 3.8) is 0 Å². The SMILES string of the molecule is CCOc1ccccc1C(=O)N(Cc1cccc(OC)c1)C1CCS(=O)(=O)C1. The summed E-state index contributed by atoms with van der Waals surface area (Å²) in [7, 11) is -1.54. The molecule has 0 aliphatic carbocycles. The van der Waals surface area contributed by atoms with Crippen LogP contribution in [-0.4, -0.2) is 50.5 Å². The first-order chi connectivity index (χ1) is 13.4. The van der Waals surface area contributed by atoms with Crippen LogP contribution in [0.1, 0.15) is 29.3 Å². The van der Waals surface area contributed by atoms with Crippen LogP contribution < -0.4 is 9.47 Å². The quantitative estimate of drug-likeness (QED) is 0.711. The molecule has 0 radical (unpaired) electrons. The predicted molar refractivity (Wildman–Crippen MR) is 108 cm³/mol. The number of hydrogen-bond acceptors (Lipinski definition) is 5. The van der Waals surface area contributed by atoms with Gasteiger partial charge in [0.25, 0.3) is 5.91 Å². The fraction of sp³-hybridized carbons (Fsp3) is 0.381. The third-order valence-electron chi connectivity index (χ3n) is 4.81. The van der Waals surface area contributed by atoms with Crippen molar-refractivity contribution in [1.29, 1.82) is 0 Å². The van der Waals surface area contributed by atoms with Gasteiger partial charge >= 0.3 is 0 Å². The minimum atomic E-state index is -3.13. The second-order valence-electron chi connectivity index (χ2n) is 6.77. The molecule has 0 bridgehead atoms. The van der Waals surface area contributed by atoms with Crippen LogP contribution in [0.5, 0.6) is 11.5 Å². The fourth-order valence-electron chi connectivity index (χ4n) is 3.43. The molecule has 1 unspecified atom stereocenters. The van der Waals surface area contributed by atoms with Crippen molar-refractivity contribution in [3.05, 3.63) is 59.7 Å². The molecule has 1 aliphatic rings. The third kappa shape index (κ3) is 4.65. The number of para-hydroxylation sites is 1. The largest absolute Gasteiger partial charge is 0.497 e. The standard InChI is InChI=1S/C21H25NO5S/c1-3-27-20-10-5-4-9-19(20)21(23)22(17-11-12-28(24,25)15-17)14-16-7-6-8-18(13-16)26-2/h4-10,13,17H,3,11-12,14-15H2,1-2H3. The molecule has 1 aliphatic heterocycles. The summed E-state index contributed by atoms with van der Waals surface area (Å²) in [6.45, 7) is 2.60.